The Morgan fingerprint density at radius 2 is 2.13 bits per heavy atom. The second kappa shape index (κ2) is 3.78. The summed E-state index contributed by atoms with van der Waals surface area (Å²) in [7, 11) is 0. The van der Waals surface area contributed by atoms with Crippen LogP contribution in [-0.2, 0) is 4.79 Å². The van der Waals surface area contributed by atoms with Gasteiger partial charge in [-0.05, 0) is 44.9 Å². The first-order chi connectivity index (χ1) is 7.02. The first kappa shape index (κ1) is 10.9. The molecule has 0 aromatic carbocycles. The molecule has 2 bridgehead atoms. The van der Waals surface area contributed by atoms with Gasteiger partial charge in [0.1, 0.15) is 0 Å². The van der Waals surface area contributed by atoms with Crippen LogP contribution in [0, 0.1) is 17.8 Å². The minimum absolute atomic E-state index is 0.000441. The van der Waals surface area contributed by atoms with Crippen molar-refractivity contribution in [1.82, 2.24) is 5.32 Å². The van der Waals surface area contributed by atoms with Gasteiger partial charge < -0.3 is 10.4 Å². The molecule has 2 N–H and O–H groups in total. The first-order valence-corrected chi connectivity index (χ1v) is 5.95. The summed E-state index contributed by atoms with van der Waals surface area (Å²) in [6, 6.07) is 0. The molecule has 15 heavy (non-hydrogen) atoms. The SMILES string of the molecule is CC(C)(CO)NC(=O)C1CC2CCC1C2. The number of hydrogen-bond acceptors (Lipinski definition) is 2. The zero-order chi connectivity index (χ0) is 11.1. The van der Waals surface area contributed by atoms with Gasteiger partial charge >= 0.3 is 0 Å². The van der Waals surface area contributed by atoms with Crippen LogP contribution in [0.25, 0.3) is 0 Å². The van der Waals surface area contributed by atoms with E-state index in [1.54, 1.807) is 0 Å². The van der Waals surface area contributed by atoms with Crippen molar-refractivity contribution in [2.45, 2.75) is 45.1 Å². The van der Waals surface area contributed by atoms with Crippen molar-refractivity contribution in [3.63, 3.8) is 0 Å². The number of amides is 1. The molecule has 0 spiro atoms. The van der Waals surface area contributed by atoms with Crippen LogP contribution in [0.4, 0.5) is 0 Å². The Labute approximate surface area is 91.2 Å². The van der Waals surface area contributed by atoms with Crippen LogP contribution in [0.3, 0.4) is 0 Å². The van der Waals surface area contributed by atoms with E-state index in [0.29, 0.717) is 5.92 Å². The molecular formula is C12H21NO2. The summed E-state index contributed by atoms with van der Waals surface area (Å²) in [5, 5.41) is 12.0. The van der Waals surface area contributed by atoms with Gasteiger partial charge in [-0.25, -0.2) is 0 Å². The number of fused-ring (bicyclic) bond motifs is 2. The van der Waals surface area contributed by atoms with E-state index >= 15 is 0 Å². The van der Waals surface area contributed by atoms with Gasteiger partial charge in [-0.1, -0.05) is 6.42 Å². The van der Waals surface area contributed by atoms with Gasteiger partial charge in [-0.3, -0.25) is 4.79 Å². The van der Waals surface area contributed by atoms with Gasteiger partial charge in [0.2, 0.25) is 5.91 Å². The van der Waals surface area contributed by atoms with E-state index in [4.69, 9.17) is 5.11 Å². The molecule has 1 amide bonds. The van der Waals surface area contributed by atoms with Crippen molar-refractivity contribution in [2.24, 2.45) is 17.8 Å². The molecule has 0 aliphatic heterocycles. The topological polar surface area (TPSA) is 49.3 Å². The van der Waals surface area contributed by atoms with Gasteiger partial charge in [-0.15, -0.1) is 0 Å². The maximum atomic E-state index is 12.0. The van der Waals surface area contributed by atoms with E-state index in [0.717, 1.165) is 12.3 Å². The zero-order valence-corrected chi connectivity index (χ0v) is 9.62. The molecule has 2 rings (SSSR count). The van der Waals surface area contributed by atoms with Gasteiger partial charge in [0.05, 0.1) is 12.1 Å². The number of carbonyl (C=O) groups excluding carboxylic acids is 1. The predicted molar refractivity (Wildman–Crippen MR) is 58.2 cm³/mol. The number of nitrogens with one attached hydrogen (secondary N) is 1. The Balaban J connectivity index is 1.92. The summed E-state index contributed by atoms with van der Waals surface area (Å²) in [5.41, 5.74) is -0.473. The molecule has 3 atom stereocenters. The highest BCUT2D eigenvalue weighted by Gasteiger charge is 2.43. The molecule has 3 nitrogen and oxygen atoms in total. The van der Waals surface area contributed by atoms with Gasteiger partial charge in [-0.2, -0.15) is 0 Å². The van der Waals surface area contributed by atoms with Crippen molar-refractivity contribution in [3.05, 3.63) is 0 Å². The van der Waals surface area contributed by atoms with E-state index in [1.165, 1.54) is 19.3 Å². The van der Waals surface area contributed by atoms with Crippen LogP contribution in [0.15, 0.2) is 0 Å². The monoisotopic (exact) mass is 211 g/mol. The third-order valence-corrected chi connectivity index (χ3v) is 3.93. The Kier molecular flexibility index (Phi) is 2.75. The molecule has 2 saturated carbocycles. The highest BCUT2D eigenvalue weighted by Crippen LogP contribution is 2.48. The number of aliphatic hydroxyl groups excluding tert-OH is 1. The molecule has 0 saturated heterocycles. The number of aliphatic hydroxyl groups is 1. The summed E-state index contributed by atoms with van der Waals surface area (Å²) in [5.74, 6) is 1.78. The van der Waals surface area contributed by atoms with Crippen molar-refractivity contribution in [2.75, 3.05) is 6.61 Å². The lowest BCUT2D eigenvalue weighted by Gasteiger charge is -2.28. The van der Waals surface area contributed by atoms with Crippen molar-refractivity contribution in [3.8, 4) is 0 Å². The minimum Gasteiger partial charge on any atom is -0.394 e. The summed E-state index contributed by atoms with van der Waals surface area (Å²) in [6.45, 7) is 3.72. The fourth-order valence-electron chi connectivity index (χ4n) is 3.03. The molecule has 3 heteroatoms. The van der Waals surface area contributed by atoms with Crippen LogP contribution in [-0.4, -0.2) is 23.2 Å². The Bertz CT molecular complexity index is 262. The maximum absolute atomic E-state index is 12.0. The van der Waals surface area contributed by atoms with Gasteiger partial charge in [0.15, 0.2) is 0 Å². The van der Waals surface area contributed by atoms with Crippen LogP contribution >= 0.6 is 0 Å². The van der Waals surface area contributed by atoms with E-state index < -0.39 is 5.54 Å². The summed E-state index contributed by atoms with van der Waals surface area (Å²) in [6.07, 6.45) is 4.86. The summed E-state index contributed by atoms with van der Waals surface area (Å²) in [4.78, 5) is 12.0. The maximum Gasteiger partial charge on any atom is 0.223 e. The normalized spacial score (nSPS) is 34.5. The van der Waals surface area contributed by atoms with Crippen LogP contribution in [0.2, 0.25) is 0 Å². The average Bonchev–Trinajstić information content (AvgIpc) is 2.78. The fourth-order valence-corrected chi connectivity index (χ4v) is 3.03. The molecule has 0 aromatic heterocycles. The Hall–Kier alpha value is -0.570. The molecule has 2 fully saturated rings. The molecule has 2 aliphatic carbocycles. The lowest BCUT2D eigenvalue weighted by atomic mass is 9.87. The van der Waals surface area contributed by atoms with E-state index in [1.807, 2.05) is 13.8 Å². The molecule has 0 aromatic rings. The second-order valence-electron chi connectivity index (χ2n) is 5.81. The van der Waals surface area contributed by atoms with Gasteiger partial charge in [0, 0.05) is 5.92 Å². The molecule has 2 aliphatic rings. The Morgan fingerprint density at radius 3 is 2.60 bits per heavy atom. The standard InChI is InChI=1S/C12H21NO2/c1-12(2,7-14)13-11(15)10-6-8-3-4-9(10)5-8/h8-10,14H,3-7H2,1-2H3,(H,13,15). The van der Waals surface area contributed by atoms with Crippen LogP contribution in [0.1, 0.15) is 39.5 Å². The minimum atomic E-state index is -0.473. The molecule has 86 valence electrons. The largest absolute Gasteiger partial charge is 0.394 e. The fraction of sp³-hybridized carbons (Fsp3) is 0.917. The molecule has 3 unspecified atom stereocenters. The lowest BCUT2D eigenvalue weighted by Crippen LogP contribution is -2.49. The highest BCUT2D eigenvalue weighted by molar-refractivity contribution is 5.80. The average molecular weight is 211 g/mol. The van der Waals surface area contributed by atoms with Crippen LogP contribution < -0.4 is 5.32 Å². The number of hydrogen-bond donors (Lipinski definition) is 2. The number of carbonyl (C=O) groups is 1. The lowest BCUT2D eigenvalue weighted by molar-refractivity contribution is -0.128. The smallest absolute Gasteiger partial charge is 0.223 e. The first-order valence-electron chi connectivity index (χ1n) is 5.95. The molecule has 0 radical (unpaired) electrons. The van der Waals surface area contributed by atoms with Crippen molar-refractivity contribution >= 4 is 5.91 Å². The van der Waals surface area contributed by atoms with Crippen LogP contribution in [0.5, 0.6) is 0 Å². The van der Waals surface area contributed by atoms with E-state index in [-0.39, 0.29) is 18.4 Å². The summed E-state index contributed by atoms with van der Waals surface area (Å²) >= 11 is 0. The van der Waals surface area contributed by atoms with E-state index in [9.17, 15) is 4.79 Å². The highest BCUT2D eigenvalue weighted by atomic mass is 16.3. The van der Waals surface area contributed by atoms with Crippen molar-refractivity contribution in [1.29, 1.82) is 0 Å². The summed E-state index contributed by atoms with van der Waals surface area (Å²) < 4.78 is 0. The van der Waals surface area contributed by atoms with E-state index in [2.05, 4.69) is 5.32 Å². The Morgan fingerprint density at radius 1 is 1.40 bits per heavy atom. The van der Waals surface area contributed by atoms with Gasteiger partial charge in [0.25, 0.3) is 0 Å². The third kappa shape index (κ3) is 2.17. The second-order valence-corrected chi connectivity index (χ2v) is 5.81. The number of rotatable bonds is 3. The molecular weight excluding hydrogens is 190 g/mol. The van der Waals surface area contributed by atoms with Crippen molar-refractivity contribution < 1.29 is 9.90 Å². The quantitative estimate of drug-likeness (QED) is 0.739. The zero-order valence-electron chi connectivity index (χ0n) is 9.62. The predicted octanol–water partition coefficient (Wildman–Crippen LogP) is 1.31. The molecule has 0 heterocycles. The third-order valence-electron chi connectivity index (χ3n) is 3.93.